The van der Waals surface area contributed by atoms with Crippen LogP contribution in [0.4, 0.5) is 0 Å². The zero-order chi connectivity index (χ0) is 13.1. The molecule has 98 valence electrons. The van der Waals surface area contributed by atoms with Crippen LogP contribution >= 0.6 is 11.3 Å². The monoisotopic (exact) mass is 273 g/mol. The molecule has 0 saturated carbocycles. The van der Waals surface area contributed by atoms with Gasteiger partial charge in [0.2, 0.25) is 0 Å². The van der Waals surface area contributed by atoms with Crippen LogP contribution in [0.5, 0.6) is 5.75 Å². The summed E-state index contributed by atoms with van der Waals surface area (Å²) >= 11 is 1.70. The second-order valence-corrected chi connectivity index (χ2v) is 5.58. The molecule has 1 aromatic heterocycles. The number of benzene rings is 1. The molecular weight excluding hydrogens is 258 g/mol. The van der Waals surface area contributed by atoms with E-state index in [1.54, 1.807) is 11.3 Å². The lowest BCUT2D eigenvalue weighted by atomic mass is 9.89. The smallest absolute Gasteiger partial charge is 0.123 e. The molecule has 0 saturated heterocycles. The normalized spacial score (nSPS) is 16.3. The van der Waals surface area contributed by atoms with E-state index in [0.717, 1.165) is 41.9 Å². The summed E-state index contributed by atoms with van der Waals surface area (Å²) in [6, 6.07) is 10.1. The summed E-state index contributed by atoms with van der Waals surface area (Å²) in [6.07, 6.45) is 2.82. The van der Waals surface area contributed by atoms with Crippen LogP contribution in [0.1, 0.15) is 28.8 Å². The number of fused-ring (bicyclic) bond motifs is 1. The van der Waals surface area contributed by atoms with Crippen molar-refractivity contribution in [1.82, 2.24) is 0 Å². The Hall–Kier alpha value is -1.81. The zero-order valence-corrected chi connectivity index (χ0v) is 11.3. The highest BCUT2D eigenvalue weighted by atomic mass is 32.1. The van der Waals surface area contributed by atoms with Crippen molar-refractivity contribution in [2.24, 2.45) is 5.16 Å². The van der Waals surface area contributed by atoms with Crippen LogP contribution in [0.15, 0.2) is 40.9 Å². The Labute approximate surface area is 116 Å². The van der Waals surface area contributed by atoms with E-state index in [4.69, 9.17) is 9.94 Å². The first-order valence-electron chi connectivity index (χ1n) is 6.37. The lowest BCUT2D eigenvalue weighted by molar-refractivity contribution is 0.305. The number of hydrogen-bond donors (Lipinski definition) is 1. The molecule has 0 atom stereocenters. The van der Waals surface area contributed by atoms with Crippen LogP contribution in [-0.4, -0.2) is 10.9 Å². The van der Waals surface area contributed by atoms with Crippen molar-refractivity contribution < 1.29 is 9.94 Å². The van der Waals surface area contributed by atoms with Crippen molar-refractivity contribution in [3.05, 3.63) is 51.7 Å². The number of thiophene rings is 1. The van der Waals surface area contributed by atoms with E-state index in [1.807, 2.05) is 24.3 Å². The summed E-state index contributed by atoms with van der Waals surface area (Å²) in [4.78, 5) is 1.21. The minimum absolute atomic E-state index is 0.597. The summed E-state index contributed by atoms with van der Waals surface area (Å²) in [5, 5.41) is 14.5. The first-order valence-corrected chi connectivity index (χ1v) is 7.25. The molecule has 1 aliphatic carbocycles. The average molecular weight is 273 g/mol. The van der Waals surface area contributed by atoms with Gasteiger partial charge in [-0.05, 0) is 36.8 Å². The van der Waals surface area contributed by atoms with Gasteiger partial charge in [0, 0.05) is 16.0 Å². The summed E-state index contributed by atoms with van der Waals surface area (Å²) in [5.41, 5.74) is 2.96. The standard InChI is InChI=1S/C15H15NO2S/c17-16-14-7-1-6-13-12(14)5-2-8-15(13)18-10-11-4-3-9-19-11/h2-5,8-9,17H,1,6-7,10H2. The maximum atomic E-state index is 9.06. The van der Waals surface area contributed by atoms with E-state index in [1.165, 1.54) is 4.88 Å². The van der Waals surface area contributed by atoms with Crippen LogP contribution in [0.25, 0.3) is 0 Å². The van der Waals surface area contributed by atoms with Crippen LogP contribution < -0.4 is 4.74 Å². The fourth-order valence-electron chi connectivity index (χ4n) is 2.44. The Kier molecular flexibility index (Phi) is 3.51. The SMILES string of the molecule is ON=C1CCCc2c(OCc3cccs3)cccc21. The Morgan fingerprint density at radius 1 is 1.21 bits per heavy atom. The van der Waals surface area contributed by atoms with E-state index < -0.39 is 0 Å². The van der Waals surface area contributed by atoms with E-state index in [2.05, 4.69) is 16.6 Å². The van der Waals surface area contributed by atoms with Gasteiger partial charge in [0.15, 0.2) is 0 Å². The van der Waals surface area contributed by atoms with Crippen molar-refractivity contribution in [3.63, 3.8) is 0 Å². The molecule has 0 spiro atoms. The molecule has 3 rings (SSSR count). The highest BCUT2D eigenvalue weighted by Gasteiger charge is 2.19. The van der Waals surface area contributed by atoms with Crippen molar-refractivity contribution >= 4 is 17.0 Å². The lowest BCUT2D eigenvalue weighted by Crippen LogP contribution is -2.13. The fraction of sp³-hybridized carbons (Fsp3) is 0.267. The van der Waals surface area contributed by atoms with E-state index >= 15 is 0 Å². The lowest BCUT2D eigenvalue weighted by Gasteiger charge is -2.20. The zero-order valence-electron chi connectivity index (χ0n) is 10.5. The van der Waals surface area contributed by atoms with E-state index in [-0.39, 0.29) is 0 Å². The molecule has 1 aliphatic rings. The molecule has 4 heteroatoms. The Morgan fingerprint density at radius 3 is 2.95 bits per heavy atom. The Morgan fingerprint density at radius 2 is 2.16 bits per heavy atom. The molecule has 0 fully saturated rings. The maximum absolute atomic E-state index is 9.06. The number of hydrogen-bond acceptors (Lipinski definition) is 4. The van der Waals surface area contributed by atoms with E-state index in [9.17, 15) is 0 Å². The van der Waals surface area contributed by atoms with Crippen LogP contribution in [-0.2, 0) is 13.0 Å². The third-order valence-electron chi connectivity index (χ3n) is 3.36. The van der Waals surface area contributed by atoms with E-state index in [0.29, 0.717) is 6.61 Å². The van der Waals surface area contributed by atoms with Crippen molar-refractivity contribution in [2.75, 3.05) is 0 Å². The first kappa shape index (κ1) is 12.2. The highest BCUT2D eigenvalue weighted by molar-refractivity contribution is 7.09. The molecule has 3 nitrogen and oxygen atoms in total. The molecular formula is C15H15NO2S. The molecule has 0 aliphatic heterocycles. The van der Waals surface area contributed by atoms with Gasteiger partial charge < -0.3 is 9.94 Å². The van der Waals surface area contributed by atoms with Gasteiger partial charge in [-0.3, -0.25) is 0 Å². The summed E-state index contributed by atoms with van der Waals surface area (Å²) in [6.45, 7) is 0.597. The third-order valence-corrected chi connectivity index (χ3v) is 4.20. The quantitative estimate of drug-likeness (QED) is 0.682. The minimum atomic E-state index is 0.597. The van der Waals surface area contributed by atoms with Crippen molar-refractivity contribution in [3.8, 4) is 5.75 Å². The minimum Gasteiger partial charge on any atom is -0.488 e. The predicted molar refractivity (Wildman–Crippen MR) is 76.4 cm³/mol. The van der Waals surface area contributed by atoms with Crippen LogP contribution in [0.2, 0.25) is 0 Å². The van der Waals surface area contributed by atoms with Gasteiger partial charge in [0.05, 0.1) is 5.71 Å². The van der Waals surface area contributed by atoms with Crippen LogP contribution in [0, 0.1) is 0 Å². The number of ether oxygens (including phenoxy) is 1. The molecule has 0 unspecified atom stereocenters. The Balaban J connectivity index is 1.86. The molecule has 1 aromatic carbocycles. The predicted octanol–water partition coefficient (Wildman–Crippen LogP) is 3.84. The molecule has 2 aromatic rings. The highest BCUT2D eigenvalue weighted by Crippen LogP contribution is 2.30. The van der Waals surface area contributed by atoms with Crippen molar-refractivity contribution in [1.29, 1.82) is 0 Å². The van der Waals surface area contributed by atoms with Gasteiger partial charge in [-0.2, -0.15) is 0 Å². The number of nitrogens with zero attached hydrogens (tertiary/aromatic N) is 1. The first-order chi connectivity index (χ1) is 9.38. The summed E-state index contributed by atoms with van der Waals surface area (Å²) in [7, 11) is 0. The fourth-order valence-corrected chi connectivity index (χ4v) is 3.06. The molecule has 19 heavy (non-hydrogen) atoms. The van der Waals surface area contributed by atoms with Gasteiger partial charge >= 0.3 is 0 Å². The summed E-state index contributed by atoms with van der Waals surface area (Å²) in [5.74, 6) is 0.909. The van der Waals surface area contributed by atoms with Gasteiger partial charge in [-0.15, -0.1) is 11.3 Å². The second-order valence-electron chi connectivity index (χ2n) is 4.55. The average Bonchev–Trinajstić information content (AvgIpc) is 2.97. The molecule has 1 heterocycles. The molecule has 0 amide bonds. The summed E-state index contributed by atoms with van der Waals surface area (Å²) < 4.78 is 5.92. The Bertz CT molecular complexity index is 590. The second kappa shape index (κ2) is 5.45. The van der Waals surface area contributed by atoms with Gasteiger partial charge in [-0.25, -0.2) is 0 Å². The van der Waals surface area contributed by atoms with Gasteiger partial charge in [0.1, 0.15) is 12.4 Å². The molecule has 0 bridgehead atoms. The number of rotatable bonds is 3. The van der Waals surface area contributed by atoms with Gasteiger partial charge in [-0.1, -0.05) is 23.4 Å². The largest absolute Gasteiger partial charge is 0.488 e. The van der Waals surface area contributed by atoms with Gasteiger partial charge in [0.25, 0.3) is 0 Å². The molecule has 0 radical (unpaired) electrons. The van der Waals surface area contributed by atoms with Crippen LogP contribution in [0.3, 0.4) is 0 Å². The van der Waals surface area contributed by atoms with Crippen molar-refractivity contribution in [2.45, 2.75) is 25.9 Å². The molecule has 1 N–H and O–H groups in total. The maximum Gasteiger partial charge on any atom is 0.123 e. The topological polar surface area (TPSA) is 41.8 Å². The number of oxime groups is 1. The third kappa shape index (κ3) is 2.49.